The van der Waals surface area contributed by atoms with E-state index in [9.17, 15) is 26.7 Å². The summed E-state index contributed by atoms with van der Waals surface area (Å²) in [4.78, 5) is 11.9. The lowest BCUT2D eigenvalue weighted by Crippen LogP contribution is -2.53. The highest BCUT2D eigenvalue weighted by atomic mass is 19.4. The summed E-state index contributed by atoms with van der Waals surface area (Å²) in [6, 6.07) is 1.27. The Morgan fingerprint density at radius 1 is 1.20 bits per heavy atom. The summed E-state index contributed by atoms with van der Waals surface area (Å²) in [5.74, 6) is -4.24. The molecule has 1 aromatic carbocycles. The van der Waals surface area contributed by atoms with Gasteiger partial charge in [-0.2, -0.15) is 13.2 Å². The third kappa shape index (κ3) is 2.28. The number of carbonyl (C=O) groups excluding carboxylic acids is 1. The molecule has 108 valence electrons. The summed E-state index contributed by atoms with van der Waals surface area (Å²) >= 11 is 0. The molecule has 0 saturated heterocycles. The first-order chi connectivity index (χ1) is 9.04. The molecule has 2 rings (SSSR count). The molecule has 0 radical (unpaired) electrons. The summed E-state index contributed by atoms with van der Waals surface area (Å²) in [6.07, 6.45) is -2.63. The van der Waals surface area contributed by atoms with E-state index in [1.54, 1.807) is 0 Å². The number of hydrogen-bond donors (Lipinski definition) is 0. The van der Waals surface area contributed by atoms with Crippen LogP contribution in [0.3, 0.4) is 0 Å². The summed E-state index contributed by atoms with van der Waals surface area (Å²) in [7, 11) is 0. The molecule has 1 aromatic rings. The predicted molar refractivity (Wildman–Crippen MR) is 63.0 cm³/mol. The fourth-order valence-corrected chi connectivity index (χ4v) is 2.09. The average Bonchev–Trinajstić information content (AvgIpc) is 2.25. The number of anilines is 1. The topological polar surface area (TPSA) is 20.3 Å². The van der Waals surface area contributed by atoms with Gasteiger partial charge < -0.3 is 0 Å². The van der Waals surface area contributed by atoms with Crippen molar-refractivity contribution in [1.82, 2.24) is 0 Å². The van der Waals surface area contributed by atoms with Gasteiger partial charge in [-0.05, 0) is 19.9 Å². The van der Waals surface area contributed by atoms with Gasteiger partial charge in [-0.3, -0.25) is 9.69 Å². The van der Waals surface area contributed by atoms with Crippen molar-refractivity contribution >= 4 is 17.7 Å². The normalized spacial score (nSPS) is 17.1. The van der Waals surface area contributed by atoms with E-state index >= 15 is 0 Å². The molecule has 0 N–H and O–H groups in total. The van der Waals surface area contributed by atoms with Crippen LogP contribution in [0.4, 0.5) is 27.6 Å². The number of hydrogen-bond acceptors (Lipinski definition) is 1. The van der Waals surface area contributed by atoms with E-state index in [4.69, 9.17) is 0 Å². The van der Waals surface area contributed by atoms with Crippen molar-refractivity contribution in [2.45, 2.75) is 25.6 Å². The maximum atomic E-state index is 13.6. The summed E-state index contributed by atoms with van der Waals surface area (Å²) in [5, 5.41) is 0. The molecule has 2 nitrogen and oxygen atoms in total. The van der Waals surface area contributed by atoms with Gasteiger partial charge in [0.2, 0.25) is 0 Å². The SMILES string of the molecule is CC1(C)C=Cc2c(F)cc(F)cc2N1C(=O)C(F)(F)F. The van der Waals surface area contributed by atoms with E-state index < -0.39 is 34.9 Å². The molecular formula is C13H10F5NO. The number of halogens is 5. The maximum Gasteiger partial charge on any atom is 0.471 e. The largest absolute Gasteiger partial charge is 0.471 e. The Morgan fingerprint density at radius 3 is 2.35 bits per heavy atom. The van der Waals surface area contributed by atoms with E-state index in [0.29, 0.717) is 17.0 Å². The molecule has 0 aliphatic carbocycles. The number of benzene rings is 1. The molecular weight excluding hydrogens is 281 g/mol. The zero-order valence-corrected chi connectivity index (χ0v) is 10.6. The van der Waals surface area contributed by atoms with Crippen molar-refractivity contribution in [3.05, 3.63) is 35.4 Å². The van der Waals surface area contributed by atoms with Gasteiger partial charge in [-0.15, -0.1) is 0 Å². The van der Waals surface area contributed by atoms with E-state index in [1.807, 2.05) is 0 Å². The van der Waals surface area contributed by atoms with Crippen LogP contribution in [0, 0.1) is 11.6 Å². The van der Waals surface area contributed by atoms with Crippen LogP contribution in [-0.2, 0) is 4.79 Å². The first-order valence-corrected chi connectivity index (χ1v) is 5.64. The van der Waals surface area contributed by atoms with E-state index in [0.717, 1.165) is 0 Å². The Bertz CT molecular complexity index is 604. The van der Waals surface area contributed by atoms with Crippen LogP contribution in [0.25, 0.3) is 6.08 Å². The maximum absolute atomic E-state index is 13.6. The van der Waals surface area contributed by atoms with Crippen LogP contribution in [0.2, 0.25) is 0 Å². The molecule has 20 heavy (non-hydrogen) atoms. The number of alkyl halides is 3. The highest BCUT2D eigenvalue weighted by molar-refractivity contribution is 6.02. The average molecular weight is 291 g/mol. The molecule has 0 atom stereocenters. The molecule has 0 aromatic heterocycles. The molecule has 1 heterocycles. The van der Waals surface area contributed by atoms with Gasteiger partial charge in [0, 0.05) is 11.6 Å². The molecule has 1 amide bonds. The minimum atomic E-state index is -5.14. The lowest BCUT2D eigenvalue weighted by Gasteiger charge is -2.40. The quantitative estimate of drug-likeness (QED) is 0.668. The molecule has 0 unspecified atom stereocenters. The molecule has 0 fully saturated rings. The Labute approximate surface area is 111 Å². The third-order valence-electron chi connectivity index (χ3n) is 2.99. The van der Waals surface area contributed by atoms with Crippen LogP contribution in [-0.4, -0.2) is 17.6 Å². The van der Waals surface area contributed by atoms with Gasteiger partial charge >= 0.3 is 12.1 Å². The van der Waals surface area contributed by atoms with Crippen molar-refractivity contribution in [2.24, 2.45) is 0 Å². The van der Waals surface area contributed by atoms with Crippen molar-refractivity contribution in [2.75, 3.05) is 4.90 Å². The highest BCUT2D eigenvalue weighted by Crippen LogP contribution is 2.39. The van der Waals surface area contributed by atoms with Crippen molar-refractivity contribution in [1.29, 1.82) is 0 Å². The number of rotatable bonds is 0. The standard InChI is InChI=1S/C13H10F5NO/c1-12(2)4-3-8-9(15)5-7(14)6-10(8)19(12)11(20)13(16,17)18/h3-6H,1-2H3. The second-order valence-corrected chi connectivity index (χ2v) is 4.95. The molecule has 0 saturated carbocycles. The third-order valence-corrected chi connectivity index (χ3v) is 2.99. The number of carbonyl (C=O) groups is 1. The molecule has 1 aliphatic heterocycles. The van der Waals surface area contributed by atoms with Crippen molar-refractivity contribution in [3.63, 3.8) is 0 Å². The minimum Gasteiger partial charge on any atom is -0.295 e. The Kier molecular flexibility index (Phi) is 3.11. The van der Waals surface area contributed by atoms with Gasteiger partial charge in [0.05, 0.1) is 11.2 Å². The highest BCUT2D eigenvalue weighted by Gasteiger charge is 2.48. The van der Waals surface area contributed by atoms with E-state index in [-0.39, 0.29) is 5.56 Å². The van der Waals surface area contributed by atoms with E-state index in [2.05, 4.69) is 0 Å². The molecule has 1 aliphatic rings. The lowest BCUT2D eigenvalue weighted by molar-refractivity contribution is -0.171. The molecule has 0 bridgehead atoms. The number of nitrogens with zero attached hydrogens (tertiary/aromatic N) is 1. The fourth-order valence-electron chi connectivity index (χ4n) is 2.09. The van der Waals surface area contributed by atoms with Gasteiger partial charge in [0.15, 0.2) is 0 Å². The van der Waals surface area contributed by atoms with Gasteiger partial charge in [-0.1, -0.05) is 12.2 Å². The van der Waals surface area contributed by atoms with Crippen LogP contribution >= 0.6 is 0 Å². The Balaban J connectivity index is 2.68. The fraction of sp³-hybridized carbons (Fsp3) is 0.308. The number of amides is 1. The first-order valence-electron chi connectivity index (χ1n) is 5.64. The second-order valence-electron chi connectivity index (χ2n) is 4.95. The van der Waals surface area contributed by atoms with Crippen LogP contribution in [0.1, 0.15) is 19.4 Å². The lowest BCUT2D eigenvalue weighted by atomic mass is 9.93. The van der Waals surface area contributed by atoms with Crippen LogP contribution in [0.15, 0.2) is 18.2 Å². The van der Waals surface area contributed by atoms with Crippen molar-refractivity contribution < 1.29 is 26.7 Å². The summed E-state index contributed by atoms with van der Waals surface area (Å²) in [5.41, 5.74) is -2.03. The molecule has 7 heteroatoms. The van der Waals surface area contributed by atoms with Crippen LogP contribution in [0.5, 0.6) is 0 Å². The smallest absolute Gasteiger partial charge is 0.295 e. The zero-order valence-electron chi connectivity index (χ0n) is 10.6. The van der Waals surface area contributed by atoms with Crippen LogP contribution < -0.4 is 4.90 Å². The zero-order chi connectivity index (χ0) is 15.3. The summed E-state index contributed by atoms with van der Waals surface area (Å²) in [6.45, 7) is 2.69. The van der Waals surface area contributed by atoms with Gasteiger partial charge in [0.1, 0.15) is 11.6 Å². The second kappa shape index (κ2) is 4.29. The number of fused-ring (bicyclic) bond motifs is 1. The first kappa shape index (κ1) is 14.5. The Morgan fingerprint density at radius 2 is 1.80 bits per heavy atom. The van der Waals surface area contributed by atoms with Crippen molar-refractivity contribution in [3.8, 4) is 0 Å². The van der Waals surface area contributed by atoms with E-state index in [1.165, 1.54) is 26.0 Å². The monoisotopic (exact) mass is 291 g/mol. The minimum absolute atomic E-state index is 0.247. The van der Waals surface area contributed by atoms with Gasteiger partial charge in [0.25, 0.3) is 0 Å². The Hall–Kier alpha value is -1.92. The molecule has 0 spiro atoms. The summed E-state index contributed by atoms with van der Waals surface area (Å²) < 4.78 is 64.9. The van der Waals surface area contributed by atoms with Gasteiger partial charge in [-0.25, -0.2) is 8.78 Å². The predicted octanol–water partition coefficient (Wildman–Crippen LogP) is 3.67.